The Hall–Kier alpha value is -1.66. The predicted molar refractivity (Wildman–Crippen MR) is 77.8 cm³/mol. The van der Waals surface area contributed by atoms with Gasteiger partial charge in [0.2, 0.25) is 5.13 Å². The van der Waals surface area contributed by atoms with Crippen molar-refractivity contribution in [2.45, 2.75) is 19.4 Å². The lowest BCUT2D eigenvalue weighted by Gasteiger charge is -2.04. The van der Waals surface area contributed by atoms with Crippen molar-refractivity contribution in [1.29, 1.82) is 0 Å². The maximum absolute atomic E-state index is 5.68. The zero-order valence-electron chi connectivity index (χ0n) is 11.1. The summed E-state index contributed by atoms with van der Waals surface area (Å²) in [7, 11) is 1.66. The first-order valence-electron chi connectivity index (χ1n) is 6.12. The van der Waals surface area contributed by atoms with Gasteiger partial charge in [0.05, 0.1) is 7.11 Å². The van der Waals surface area contributed by atoms with Gasteiger partial charge in [-0.2, -0.15) is 4.37 Å². The van der Waals surface area contributed by atoms with Gasteiger partial charge in [0.25, 0.3) is 0 Å². The second-order valence-electron chi connectivity index (χ2n) is 4.40. The van der Waals surface area contributed by atoms with Gasteiger partial charge in [0.1, 0.15) is 11.6 Å². The molecular formula is C13H18N4OS. The fourth-order valence-corrected chi connectivity index (χ4v) is 2.16. The van der Waals surface area contributed by atoms with Gasteiger partial charge in [-0.1, -0.05) is 12.1 Å². The first-order valence-corrected chi connectivity index (χ1v) is 6.89. The molecule has 3 N–H and O–H groups in total. The van der Waals surface area contributed by atoms with Crippen LogP contribution in [0.5, 0.6) is 5.75 Å². The summed E-state index contributed by atoms with van der Waals surface area (Å²) in [6, 6.07) is 8.03. The Morgan fingerprint density at radius 2 is 2.11 bits per heavy atom. The Labute approximate surface area is 117 Å². The van der Waals surface area contributed by atoms with Crippen LogP contribution in [0.1, 0.15) is 18.3 Å². The molecule has 0 bridgehead atoms. The monoisotopic (exact) mass is 278 g/mol. The zero-order chi connectivity index (χ0) is 13.7. The van der Waals surface area contributed by atoms with Crippen LogP contribution in [-0.4, -0.2) is 29.1 Å². The van der Waals surface area contributed by atoms with Crippen LogP contribution in [-0.2, 0) is 6.42 Å². The first kappa shape index (κ1) is 13.8. The summed E-state index contributed by atoms with van der Waals surface area (Å²) in [5.41, 5.74) is 6.84. The van der Waals surface area contributed by atoms with Crippen LogP contribution in [0.2, 0.25) is 0 Å². The Morgan fingerprint density at radius 3 is 2.74 bits per heavy atom. The number of aromatic nitrogens is 2. The third-order valence-corrected chi connectivity index (χ3v) is 3.28. The Balaban J connectivity index is 1.95. The molecule has 1 atom stereocenters. The molecule has 0 amide bonds. The molecule has 0 spiro atoms. The van der Waals surface area contributed by atoms with E-state index in [1.165, 1.54) is 11.5 Å². The molecule has 0 aliphatic rings. The van der Waals surface area contributed by atoms with E-state index in [1.807, 2.05) is 31.2 Å². The van der Waals surface area contributed by atoms with E-state index in [0.29, 0.717) is 6.54 Å². The van der Waals surface area contributed by atoms with Crippen LogP contribution in [0.25, 0.3) is 0 Å². The number of rotatable bonds is 6. The summed E-state index contributed by atoms with van der Waals surface area (Å²) in [6.45, 7) is 2.66. The highest BCUT2D eigenvalue weighted by molar-refractivity contribution is 7.09. The van der Waals surface area contributed by atoms with Crippen molar-refractivity contribution in [1.82, 2.24) is 9.36 Å². The molecule has 102 valence electrons. The van der Waals surface area contributed by atoms with E-state index in [9.17, 15) is 0 Å². The lowest BCUT2D eigenvalue weighted by Crippen LogP contribution is -2.25. The summed E-state index contributed by atoms with van der Waals surface area (Å²) in [4.78, 5) is 4.43. The minimum Gasteiger partial charge on any atom is -0.497 e. The average molecular weight is 278 g/mol. The maximum atomic E-state index is 5.68. The van der Waals surface area contributed by atoms with E-state index in [4.69, 9.17) is 10.5 Å². The number of hydrogen-bond donors (Lipinski definition) is 2. The van der Waals surface area contributed by atoms with Gasteiger partial charge in [0, 0.05) is 30.5 Å². The van der Waals surface area contributed by atoms with Crippen LogP contribution >= 0.6 is 11.5 Å². The highest BCUT2D eigenvalue weighted by atomic mass is 32.1. The lowest BCUT2D eigenvalue weighted by atomic mass is 10.1. The molecule has 0 saturated carbocycles. The normalized spacial score (nSPS) is 12.2. The van der Waals surface area contributed by atoms with Gasteiger partial charge in [0.15, 0.2) is 0 Å². The molecule has 0 aliphatic carbocycles. The summed E-state index contributed by atoms with van der Waals surface area (Å²) in [6.07, 6.45) is 0.723. The molecule has 2 aromatic rings. The Bertz CT molecular complexity index is 510. The SMILES string of the molecule is COc1ccc(Cc2nsc(NCC(C)N)n2)cc1. The van der Waals surface area contributed by atoms with Crippen molar-refractivity contribution in [2.75, 3.05) is 19.0 Å². The Morgan fingerprint density at radius 1 is 1.37 bits per heavy atom. The van der Waals surface area contributed by atoms with Crippen LogP contribution in [0.4, 0.5) is 5.13 Å². The summed E-state index contributed by atoms with van der Waals surface area (Å²) >= 11 is 1.37. The molecule has 1 aromatic heterocycles. The maximum Gasteiger partial charge on any atom is 0.202 e. The fourth-order valence-electron chi connectivity index (χ4n) is 1.57. The molecule has 0 aliphatic heterocycles. The number of nitrogens with zero attached hydrogens (tertiary/aromatic N) is 2. The van der Waals surface area contributed by atoms with Gasteiger partial charge < -0.3 is 15.8 Å². The van der Waals surface area contributed by atoms with Crippen molar-refractivity contribution in [3.05, 3.63) is 35.7 Å². The minimum atomic E-state index is 0.105. The minimum absolute atomic E-state index is 0.105. The van der Waals surface area contributed by atoms with Crippen LogP contribution < -0.4 is 15.8 Å². The first-order chi connectivity index (χ1) is 9.17. The van der Waals surface area contributed by atoms with E-state index in [0.717, 1.165) is 28.7 Å². The molecule has 1 heterocycles. The van der Waals surface area contributed by atoms with Gasteiger partial charge in [-0.25, -0.2) is 4.98 Å². The van der Waals surface area contributed by atoms with Crippen molar-refractivity contribution in [3.8, 4) is 5.75 Å². The molecule has 0 fully saturated rings. The predicted octanol–water partition coefficient (Wildman–Crippen LogP) is 1.90. The number of nitrogens with two attached hydrogens (primary N) is 1. The van der Waals surface area contributed by atoms with E-state index < -0.39 is 0 Å². The summed E-state index contributed by atoms with van der Waals surface area (Å²) in [5.74, 6) is 1.68. The van der Waals surface area contributed by atoms with E-state index >= 15 is 0 Å². The summed E-state index contributed by atoms with van der Waals surface area (Å²) < 4.78 is 9.45. The second-order valence-corrected chi connectivity index (χ2v) is 5.15. The third kappa shape index (κ3) is 4.18. The van der Waals surface area contributed by atoms with E-state index in [-0.39, 0.29) is 6.04 Å². The van der Waals surface area contributed by atoms with Gasteiger partial charge in [-0.3, -0.25) is 0 Å². The van der Waals surface area contributed by atoms with E-state index in [2.05, 4.69) is 14.7 Å². The van der Waals surface area contributed by atoms with Crippen molar-refractivity contribution in [2.24, 2.45) is 5.73 Å². The average Bonchev–Trinajstić information content (AvgIpc) is 2.85. The molecular weight excluding hydrogens is 260 g/mol. The summed E-state index contributed by atoms with van der Waals surface area (Å²) in [5, 5.41) is 3.99. The Kier molecular flexibility index (Phi) is 4.70. The number of ether oxygens (including phenoxy) is 1. The number of hydrogen-bond acceptors (Lipinski definition) is 6. The number of methoxy groups -OCH3 is 1. The highest BCUT2D eigenvalue weighted by Gasteiger charge is 2.05. The highest BCUT2D eigenvalue weighted by Crippen LogP contribution is 2.16. The number of benzene rings is 1. The number of nitrogens with one attached hydrogen (secondary N) is 1. The second kappa shape index (κ2) is 6.49. The van der Waals surface area contributed by atoms with Crippen LogP contribution in [0.15, 0.2) is 24.3 Å². The van der Waals surface area contributed by atoms with Gasteiger partial charge in [-0.05, 0) is 24.6 Å². The molecule has 1 unspecified atom stereocenters. The fraction of sp³-hybridized carbons (Fsp3) is 0.385. The third-order valence-electron chi connectivity index (χ3n) is 2.56. The van der Waals surface area contributed by atoms with Crippen molar-refractivity contribution >= 4 is 16.7 Å². The molecule has 5 nitrogen and oxygen atoms in total. The van der Waals surface area contributed by atoms with Gasteiger partial charge >= 0.3 is 0 Å². The van der Waals surface area contributed by atoms with Crippen molar-refractivity contribution < 1.29 is 4.74 Å². The van der Waals surface area contributed by atoms with E-state index in [1.54, 1.807) is 7.11 Å². The molecule has 0 saturated heterocycles. The zero-order valence-corrected chi connectivity index (χ0v) is 11.9. The van der Waals surface area contributed by atoms with Crippen LogP contribution in [0, 0.1) is 0 Å². The molecule has 19 heavy (non-hydrogen) atoms. The molecule has 1 aromatic carbocycles. The van der Waals surface area contributed by atoms with Crippen LogP contribution in [0.3, 0.4) is 0 Å². The topological polar surface area (TPSA) is 73.1 Å². The quantitative estimate of drug-likeness (QED) is 0.844. The molecule has 6 heteroatoms. The van der Waals surface area contributed by atoms with Crippen molar-refractivity contribution in [3.63, 3.8) is 0 Å². The molecule has 0 radical (unpaired) electrons. The van der Waals surface area contributed by atoms with Gasteiger partial charge in [-0.15, -0.1) is 0 Å². The standard InChI is InChI=1S/C13H18N4OS/c1-9(14)8-15-13-16-12(17-19-13)7-10-3-5-11(18-2)6-4-10/h3-6,9H,7-8,14H2,1-2H3,(H,15,16,17). The largest absolute Gasteiger partial charge is 0.497 e. The number of anilines is 1. The lowest BCUT2D eigenvalue weighted by molar-refractivity contribution is 0.414. The molecule has 2 rings (SSSR count). The smallest absolute Gasteiger partial charge is 0.202 e.